The van der Waals surface area contributed by atoms with Crippen LogP contribution < -0.4 is 5.32 Å². The van der Waals surface area contributed by atoms with Gasteiger partial charge in [0.25, 0.3) is 0 Å². The van der Waals surface area contributed by atoms with E-state index in [-0.39, 0.29) is 0 Å². The summed E-state index contributed by atoms with van der Waals surface area (Å²) in [5, 5.41) is 3.17. The topological polar surface area (TPSA) is 28.4 Å². The van der Waals surface area contributed by atoms with Crippen LogP contribution in [0.4, 0.5) is 0 Å². The molecule has 3 nitrogen and oxygen atoms in total. The Kier molecular flexibility index (Phi) is 6.70. The summed E-state index contributed by atoms with van der Waals surface area (Å²) in [4.78, 5) is 2.36. The highest BCUT2D eigenvalue weighted by molar-refractivity contribution is 7.98. The van der Waals surface area contributed by atoms with Gasteiger partial charge in [-0.2, -0.15) is 11.8 Å². The highest BCUT2D eigenvalue weighted by Gasteiger charge is 2.13. The molecule has 1 heterocycles. The van der Waals surface area contributed by atoms with Crippen molar-refractivity contribution >= 4 is 11.8 Å². The minimum Gasteiger partial charge on any atom is -0.468 e. The molecule has 17 heavy (non-hydrogen) atoms. The van der Waals surface area contributed by atoms with Gasteiger partial charge in [0.1, 0.15) is 5.76 Å². The van der Waals surface area contributed by atoms with Crippen LogP contribution in [0.3, 0.4) is 0 Å². The highest BCUT2D eigenvalue weighted by atomic mass is 32.2. The molecule has 1 atom stereocenters. The fourth-order valence-electron chi connectivity index (χ4n) is 1.74. The normalized spacial score (nSPS) is 13.2. The second-order valence-corrected chi connectivity index (χ2v) is 5.43. The van der Waals surface area contributed by atoms with Gasteiger partial charge in [0, 0.05) is 18.2 Å². The zero-order valence-electron chi connectivity index (χ0n) is 11.3. The number of hydrogen-bond acceptors (Lipinski definition) is 4. The molecular formula is C13H24N2OS. The van der Waals surface area contributed by atoms with Gasteiger partial charge in [0.05, 0.1) is 12.8 Å². The van der Waals surface area contributed by atoms with Gasteiger partial charge in [-0.15, -0.1) is 0 Å². The lowest BCUT2D eigenvalue weighted by atomic mass is 10.2. The van der Waals surface area contributed by atoms with Crippen molar-refractivity contribution < 1.29 is 4.42 Å². The van der Waals surface area contributed by atoms with Crippen LogP contribution >= 0.6 is 11.8 Å². The molecule has 0 amide bonds. The van der Waals surface area contributed by atoms with E-state index in [4.69, 9.17) is 4.42 Å². The molecule has 0 spiro atoms. The Balaban J connectivity index is 2.48. The average molecular weight is 256 g/mol. The first-order valence-corrected chi connectivity index (χ1v) is 7.47. The summed E-state index contributed by atoms with van der Waals surface area (Å²) in [6.45, 7) is 4.04. The van der Waals surface area contributed by atoms with Crippen LogP contribution in [0.1, 0.15) is 24.7 Å². The Bertz CT molecular complexity index is 314. The molecule has 0 aliphatic rings. The van der Waals surface area contributed by atoms with E-state index >= 15 is 0 Å². The molecule has 1 aromatic rings. The number of rotatable bonds is 8. The van der Waals surface area contributed by atoms with Crippen molar-refractivity contribution in [2.45, 2.75) is 32.5 Å². The van der Waals surface area contributed by atoms with Gasteiger partial charge in [0.15, 0.2) is 0 Å². The van der Waals surface area contributed by atoms with Gasteiger partial charge in [0.2, 0.25) is 0 Å². The van der Waals surface area contributed by atoms with Gasteiger partial charge >= 0.3 is 0 Å². The van der Waals surface area contributed by atoms with E-state index in [9.17, 15) is 0 Å². The first-order chi connectivity index (χ1) is 8.19. The number of nitrogens with zero attached hydrogens (tertiary/aromatic N) is 1. The van der Waals surface area contributed by atoms with E-state index in [1.165, 1.54) is 17.7 Å². The van der Waals surface area contributed by atoms with Crippen LogP contribution in [0.15, 0.2) is 16.7 Å². The lowest BCUT2D eigenvalue weighted by molar-refractivity contribution is 0.225. The molecule has 1 unspecified atom stereocenters. The third-order valence-electron chi connectivity index (χ3n) is 3.09. The average Bonchev–Trinajstić information content (AvgIpc) is 2.74. The zero-order valence-corrected chi connectivity index (χ0v) is 12.1. The summed E-state index contributed by atoms with van der Waals surface area (Å²) in [6, 6.07) is 2.64. The number of nitrogens with one attached hydrogen (secondary N) is 1. The van der Waals surface area contributed by atoms with Crippen molar-refractivity contribution in [1.82, 2.24) is 10.2 Å². The Morgan fingerprint density at radius 1 is 1.53 bits per heavy atom. The van der Waals surface area contributed by atoms with Crippen LogP contribution in [-0.2, 0) is 13.1 Å². The van der Waals surface area contributed by atoms with Crippen LogP contribution in [0.2, 0.25) is 0 Å². The molecular weight excluding hydrogens is 232 g/mol. The van der Waals surface area contributed by atoms with Gasteiger partial charge in [-0.05, 0) is 45.5 Å². The summed E-state index contributed by atoms with van der Waals surface area (Å²) >= 11 is 1.91. The smallest absolute Gasteiger partial charge is 0.122 e. The van der Waals surface area contributed by atoms with Crippen molar-refractivity contribution in [2.24, 2.45) is 0 Å². The molecule has 0 saturated carbocycles. The summed E-state index contributed by atoms with van der Waals surface area (Å²) < 4.78 is 5.56. The minimum atomic E-state index is 0.593. The first-order valence-electron chi connectivity index (χ1n) is 6.08. The zero-order chi connectivity index (χ0) is 12.7. The maximum Gasteiger partial charge on any atom is 0.122 e. The summed E-state index contributed by atoms with van der Waals surface area (Å²) in [5.41, 5.74) is 1.26. The predicted octanol–water partition coefficient (Wildman–Crippen LogP) is 2.57. The Hall–Kier alpha value is -0.450. The monoisotopic (exact) mass is 256 g/mol. The van der Waals surface area contributed by atoms with Gasteiger partial charge < -0.3 is 9.73 Å². The standard InChI is InChI=1S/C13H24N2OS/c1-11(6-8-17-4)15(3)10-13-12(9-14-2)5-7-16-13/h5,7,11,14H,6,8-10H2,1-4H3. The second kappa shape index (κ2) is 7.80. The van der Waals surface area contributed by atoms with Gasteiger partial charge in [-0.1, -0.05) is 0 Å². The Morgan fingerprint density at radius 2 is 2.29 bits per heavy atom. The van der Waals surface area contributed by atoms with Gasteiger partial charge in [-0.25, -0.2) is 0 Å². The Morgan fingerprint density at radius 3 is 2.94 bits per heavy atom. The third kappa shape index (κ3) is 4.74. The van der Waals surface area contributed by atoms with Crippen molar-refractivity contribution in [2.75, 3.05) is 26.1 Å². The largest absolute Gasteiger partial charge is 0.468 e. The predicted molar refractivity (Wildman–Crippen MR) is 75.4 cm³/mol. The fraction of sp³-hybridized carbons (Fsp3) is 0.692. The maximum absolute atomic E-state index is 5.56. The van der Waals surface area contributed by atoms with Crippen molar-refractivity contribution in [1.29, 1.82) is 0 Å². The molecule has 0 saturated heterocycles. The molecule has 0 aliphatic carbocycles. The van der Waals surface area contributed by atoms with E-state index < -0.39 is 0 Å². The first kappa shape index (κ1) is 14.6. The van der Waals surface area contributed by atoms with E-state index in [0.717, 1.165) is 18.8 Å². The molecule has 0 fully saturated rings. The van der Waals surface area contributed by atoms with Gasteiger partial charge in [-0.3, -0.25) is 4.90 Å². The quantitative estimate of drug-likeness (QED) is 0.774. The van der Waals surface area contributed by atoms with E-state index in [0.29, 0.717) is 6.04 Å². The molecule has 1 rings (SSSR count). The molecule has 98 valence electrons. The van der Waals surface area contributed by atoms with Crippen LogP contribution in [0.25, 0.3) is 0 Å². The fourth-order valence-corrected chi connectivity index (χ4v) is 2.32. The lowest BCUT2D eigenvalue weighted by Gasteiger charge is -2.23. The summed E-state index contributed by atoms with van der Waals surface area (Å²) in [7, 11) is 4.12. The molecule has 0 radical (unpaired) electrons. The number of furan rings is 1. The SMILES string of the molecule is CNCc1ccoc1CN(C)C(C)CCSC. The lowest BCUT2D eigenvalue weighted by Crippen LogP contribution is -2.29. The molecule has 0 bridgehead atoms. The summed E-state index contributed by atoms with van der Waals surface area (Å²) in [5.74, 6) is 2.30. The minimum absolute atomic E-state index is 0.593. The van der Waals surface area contributed by atoms with Crippen LogP contribution in [0.5, 0.6) is 0 Å². The van der Waals surface area contributed by atoms with E-state index in [1.54, 1.807) is 6.26 Å². The van der Waals surface area contributed by atoms with Crippen LogP contribution in [0, 0.1) is 0 Å². The highest BCUT2D eigenvalue weighted by Crippen LogP contribution is 2.15. The molecule has 0 aromatic carbocycles. The Labute approximate surface area is 109 Å². The van der Waals surface area contributed by atoms with E-state index in [2.05, 4.69) is 30.4 Å². The molecule has 1 N–H and O–H groups in total. The number of thioether (sulfide) groups is 1. The third-order valence-corrected chi connectivity index (χ3v) is 3.73. The van der Waals surface area contributed by atoms with E-state index in [1.807, 2.05) is 24.9 Å². The number of hydrogen-bond donors (Lipinski definition) is 1. The molecule has 0 aliphatic heterocycles. The van der Waals surface area contributed by atoms with Crippen LogP contribution in [-0.4, -0.2) is 37.0 Å². The van der Waals surface area contributed by atoms with Crippen molar-refractivity contribution in [3.63, 3.8) is 0 Å². The molecule has 1 aromatic heterocycles. The van der Waals surface area contributed by atoms with Crippen molar-refractivity contribution in [3.8, 4) is 0 Å². The molecule has 4 heteroatoms. The summed E-state index contributed by atoms with van der Waals surface area (Å²) in [6.07, 6.45) is 5.16. The van der Waals surface area contributed by atoms with Crippen molar-refractivity contribution in [3.05, 3.63) is 23.7 Å². The maximum atomic E-state index is 5.56. The second-order valence-electron chi connectivity index (χ2n) is 4.44.